The van der Waals surface area contributed by atoms with Crippen LogP contribution < -0.4 is 43.9 Å². The van der Waals surface area contributed by atoms with Gasteiger partial charge >= 0.3 is 11.9 Å². The molecule has 18 heteroatoms. The van der Waals surface area contributed by atoms with Crippen LogP contribution in [0.2, 0.25) is 0 Å². The highest BCUT2D eigenvalue weighted by atomic mass is 16.6. The van der Waals surface area contributed by atoms with E-state index in [2.05, 4.69) is 41.2 Å². The van der Waals surface area contributed by atoms with Gasteiger partial charge in [0.1, 0.15) is 23.6 Å². The number of rotatable bonds is 6. The van der Waals surface area contributed by atoms with Crippen LogP contribution in [0.3, 0.4) is 0 Å². The molecule has 12 N–H and O–H groups in total. The molecule has 2 aromatic rings. The van der Waals surface area contributed by atoms with E-state index in [9.17, 15) is 29.4 Å². The molecule has 6 atom stereocenters. The SMILES string of the molecule is CC(=O)OC(C)C(OC(C)=O)C1CNc2nc(N)[nH]c(=O)c2N1.CC(O)C(O)C1CNc2nc(N)[nH]c(=O)c2N1.[HH].[HH].[HH].[HH]. The molecule has 0 saturated carbocycles. The van der Waals surface area contributed by atoms with Crippen LogP contribution in [0.5, 0.6) is 0 Å². The van der Waals surface area contributed by atoms with Crippen molar-refractivity contribution in [2.24, 2.45) is 0 Å². The molecule has 0 saturated heterocycles. The molecule has 18 nitrogen and oxygen atoms in total. The summed E-state index contributed by atoms with van der Waals surface area (Å²) in [4.78, 5) is 58.7. The molecule has 4 heterocycles. The Morgan fingerprint density at radius 2 is 1.32 bits per heavy atom. The number of carbonyl (C=O) groups excluding carboxylic acids is 2. The first-order chi connectivity index (χ1) is 18.8. The second kappa shape index (κ2) is 12.5. The van der Waals surface area contributed by atoms with Gasteiger partial charge < -0.3 is 52.4 Å². The van der Waals surface area contributed by atoms with Gasteiger partial charge in [0.15, 0.2) is 17.7 Å². The third-order valence-corrected chi connectivity index (χ3v) is 5.93. The summed E-state index contributed by atoms with van der Waals surface area (Å²) in [6.45, 7) is 6.25. The number of ether oxygens (including phenoxy) is 2. The number of nitrogens with one attached hydrogen (secondary N) is 6. The quantitative estimate of drug-likeness (QED) is 0.180. The topological polar surface area (TPSA) is 285 Å². The van der Waals surface area contributed by atoms with Crippen LogP contribution in [0.25, 0.3) is 0 Å². The Morgan fingerprint density at radius 3 is 1.77 bits per heavy atom. The van der Waals surface area contributed by atoms with E-state index >= 15 is 0 Å². The third kappa shape index (κ3) is 7.29. The zero-order chi connectivity index (χ0) is 29.7. The molecule has 0 spiro atoms. The molecular formula is C22H42N10O8. The first kappa shape index (κ1) is 30.0. The van der Waals surface area contributed by atoms with E-state index in [1.165, 1.54) is 20.8 Å². The molecule has 4 rings (SSSR count). The van der Waals surface area contributed by atoms with Gasteiger partial charge in [0.05, 0.1) is 18.2 Å². The molecule has 0 bridgehead atoms. The van der Waals surface area contributed by atoms with Crippen molar-refractivity contribution in [2.75, 3.05) is 45.8 Å². The molecule has 40 heavy (non-hydrogen) atoms. The minimum Gasteiger partial charge on any atom is -0.459 e. The first-order valence-corrected chi connectivity index (χ1v) is 12.3. The van der Waals surface area contributed by atoms with Gasteiger partial charge in [0.2, 0.25) is 11.9 Å². The second-order valence-electron chi connectivity index (χ2n) is 9.23. The minimum absolute atomic E-state index is 0. The summed E-state index contributed by atoms with van der Waals surface area (Å²) >= 11 is 0. The zero-order valence-electron chi connectivity index (χ0n) is 22.3. The van der Waals surface area contributed by atoms with Crippen molar-refractivity contribution in [3.63, 3.8) is 0 Å². The van der Waals surface area contributed by atoms with Crippen LogP contribution in [0.4, 0.5) is 34.9 Å². The average Bonchev–Trinajstić information content (AvgIpc) is 2.86. The van der Waals surface area contributed by atoms with E-state index in [4.69, 9.17) is 20.9 Å². The summed E-state index contributed by atoms with van der Waals surface area (Å²) < 4.78 is 10.4. The van der Waals surface area contributed by atoms with Crippen molar-refractivity contribution in [1.82, 2.24) is 19.9 Å². The fourth-order valence-electron chi connectivity index (χ4n) is 4.16. The molecule has 0 amide bonds. The van der Waals surface area contributed by atoms with Gasteiger partial charge in [0.25, 0.3) is 11.1 Å². The Morgan fingerprint density at radius 1 is 0.875 bits per heavy atom. The fraction of sp³-hybridized carbons (Fsp3) is 0.545. The van der Waals surface area contributed by atoms with Crippen molar-refractivity contribution in [1.29, 1.82) is 0 Å². The van der Waals surface area contributed by atoms with Crippen molar-refractivity contribution in [2.45, 2.75) is 64.2 Å². The van der Waals surface area contributed by atoms with Gasteiger partial charge in [0, 0.05) is 32.6 Å². The lowest BCUT2D eigenvalue weighted by molar-refractivity contribution is -0.164. The van der Waals surface area contributed by atoms with E-state index in [1.54, 1.807) is 6.92 Å². The van der Waals surface area contributed by atoms with Gasteiger partial charge in [-0.15, -0.1) is 0 Å². The number of nitrogen functional groups attached to an aromatic ring is 2. The normalized spacial score (nSPS) is 20.1. The molecule has 228 valence electrons. The monoisotopic (exact) mass is 574 g/mol. The lowest BCUT2D eigenvalue weighted by Gasteiger charge is -2.34. The number of nitrogens with two attached hydrogens (primary N) is 2. The van der Waals surface area contributed by atoms with Crippen LogP contribution in [-0.4, -0.2) is 91.7 Å². The lowest BCUT2D eigenvalue weighted by Crippen LogP contribution is -2.51. The maximum Gasteiger partial charge on any atom is 0.303 e. The highest BCUT2D eigenvalue weighted by Crippen LogP contribution is 2.24. The summed E-state index contributed by atoms with van der Waals surface area (Å²) in [5.74, 6) is -0.342. The van der Waals surface area contributed by atoms with Crippen molar-refractivity contribution >= 4 is 46.8 Å². The Hall–Kier alpha value is -4.58. The number of hydrogen-bond acceptors (Lipinski definition) is 16. The second-order valence-corrected chi connectivity index (χ2v) is 9.23. The summed E-state index contributed by atoms with van der Waals surface area (Å²) in [5, 5.41) is 30.6. The van der Waals surface area contributed by atoms with Crippen LogP contribution in [0, 0.1) is 0 Å². The number of aliphatic hydroxyl groups excluding tert-OH is 2. The first-order valence-electron chi connectivity index (χ1n) is 12.3. The largest absolute Gasteiger partial charge is 0.459 e. The number of aliphatic hydroxyl groups is 2. The number of nitrogens with zero attached hydrogens (tertiary/aromatic N) is 2. The highest BCUT2D eigenvalue weighted by Gasteiger charge is 2.35. The Bertz CT molecular complexity index is 1370. The summed E-state index contributed by atoms with van der Waals surface area (Å²) in [6, 6.07) is -0.957. The van der Waals surface area contributed by atoms with Gasteiger partial charge in [-0.2, -0.15) is 9.97 Å². The maximum absolute atomic E-state index is 12.0. The average molecular weight is 575 g/mol. The minimum atomic E-state index is -0.979. The van der Waals surface area contributed by atoms with Gasteiger partial charge in [-0.1, -0.05) is 0 Å². The predicted octanol–water partition coefficient (Wildman–Crippen LogP) is -1.27. The van der Waals surface area contributed by atoms with Gasteiger partial charge in [-0.25, -0.2) is 0 Å². The van der Waals surface area contributed by atoms with Crippen molar-refractivity contribution in [3.8, 4) is 0 Å². The lowest BCUT2D eigenvalue weighted by atomic mass is 10.0. The van der Waals surface area contributed by atoms with E-state index < -0.39 is 59.6 Å². The smallest absolute Gasteiger partial charge is 0.303 e. The summed E-state index contributed by atoms with van der Waals surface area (Å²) in [6.07, 6.45) is -3.35. The fourth-order valence-corrected chi connectivity index (χ4v) is 4.16. The van der Waals surface area contributed by atoms with Gasteiger partial charge in [-0.05, 0) is 13.8 Å². The van der Waals surface area contributed by atoms with Crippen LogP contribution in [-0.2, 0) is 19.1 Å². The number of carbonyl (C=O) groups is 2. The van der Waals surface area contributed by atoms with Crippen LogP contribution in [0.15, 0.2) is 9.59 Å². The molecule has 2 aliphatic heterocycles. The number of H-pyrrole nitrogens is 2. The third-order valence-electron chi connectivity index (χ3n) is 5.93. The molecule has 0 aromatic carbocycles. The Kier molecular flexibility index (Phi) is 9.38. The summed E-state index contributed by atoms with van der Waals surface area (Å²) in [5.41, 5.74) is 10.4. The van der Waals surface area contributed by atoms with E-state index in [1.807, 2.05) is 0 Å². The van der Waals surface area contributed by atoms with E-state index in [0.29, 0.717) is 24.7 Å². The predicted molar refractivity (Wildman–Crippen MR) is 153 cm³/mol. The van der Waals surface area contributed by atoms with Crippen molar-refractivity contribution in [3.05, 3.63) is 20.7 Å². The van der Waals surface area contributed by atoms with Crippen LogP contribution >= 0.6 is 0 Å². The number of aromatic nitrogens is 4. The highest BCUT2D eigenvalue weighted by molar-refractivity contribution is 5.70. The van der Waals surface area contributed by atoms with Crippen LogP contribution in [0.1, 0.15) is 33.4 Å². The summed E-state index contributed by atoms with van der Waals surface area (Å²) in [7, 11) is 0. The number of anilines is 6. The number of hydrogen-bond donors (Lipinski definition) is 10. The number of aromatic amines is 2. The van der Waals surface area contributed by atoms with E-state index in [0.717, 1.165) is 0 Å². The zero-order valence-corrected chi connectivity index (χ0v) is 22.3. The number of fused-ring (bicyclic) bond motifs is 2. The molecular weight excluding hydrogens is 532 g/mol. The van der Waals surface area contributed by atoms with E-state index in [-0.39, 0.29) is 29.0 Å². The molecule has 6 unspecified atom stereocenters. The van der Waals surface area contributed by atoms with Crippen molar-refractivity contribution < 1.29 is 35.0 Å². The molecule has 0 radical (unpaired) electrons. The standard InChI is InChI=1S/C13H19N5O5.C9H15N5O3.4H2/c1-5(22-6(2)19)10(23-7(3)20)8-4-15-11-9(16-8)12(21)18-13(14)17-11;1-3(15)6(16)4-2-11-7-5(12-4)8(17)14-9(10)13-7;;;;/h5,8,10,16H,4H2,1-3H3,(H4,14,15,17,18,21);3-4,6,12,15-16H,2H2,1H3,(H4,10,11,13,14,17);4*1H. The molecule has 0 fully saturated rings. The van der Waals surface area contributed by atoms with Gasteiger partial charge in [-0.3, -0.25) is 29.1 Å². The molecule has 2 aliphatic rings. The molecule has 0 aliphatic carbocycles. The maximum atomic E-state index is 12.0. The number of esters is 2. The Labute approximate surface area is 233 Å². The Balaban J connectivity index is 0. The molecule has 2 aromatic heterocycles.